The first-order valence-corrected chi connectivity index (χ1v) is 6.02. The smallest absolute Gasteiger partial charge is 0.140 e. The van der Waals surface area contributed by atoms with Gasteiger partial charge in [0.25, 0.3) is 0 Å². The molecule has 0 bridgehead atoms. The Morgan fingerprint density at radius 1 is 1.69 bits per heavy atom. The van der Waals surface area contributed by atoms with Crippen molar-refractivity contribution in [2.75, 3.05) is 10.5 Å². The summed E-state index contributed by atoms with van der Waals surface area (Å²) in [6.07, 6.45) is 1.68. The fourth-order valence-corrected chi connectivity index (χ4v) is 1.85. The van der Waals surface area contributed by atoms with Crippen LogP contribution >= 0.6 is 15.9 Å². The van der Waals surface area contributed by atoms with Gasteiger partial charge >= 0.3 is 0 Å². The van der Waals surface area contributed by atoms with Gasteiger partial charge in [0.15, 0.2) is 0 Å². The van der Waals surface area contributed by atoms with Crippen molar-refractivity contribution in [1.82, 2.24) is 4.98 Å². The first-order chi connectivity index (χ1) is 6.13. The summed E-state index contributed by atoms with van der Waals surface area (Å²) in [5, 5.41) is 0. The normalized spacial score (nSPS) is 12.5. The molecule has 1 aromatic heterocycles. The Kier molecular flexibility index (Phi) is 3.87. The van der Waals surface area contributed by atoms with Crippen LogP contribution < -0.4 is 4.72 Å². The largest absolute Gasteiger partial charge is 0.289 e. The van der Waals surface area contributed by atoms with Crippen molar-refractivity contribution < 1.29 is 4.21 Å². The maximum absolute atomic E-state index is 11.2. The third-order valence-corrected chi connectivity index (χ3v) is 2.90. The van der Waals surface area contributed by atoms with Crippen molar-refractivity contribution in [3.63, 3.8) is 0 Å². The molecule has 0 fully saturated rings. The molecule has 72 valence electrons. The van der Waals surface area contributed by atoms with E-state index in [4.69, 9.17) is 0 Å². The van der Waals surface area contributed by atoms with Crippen molar-refractivity contribution in [2.45, 2.75) is 13.8 Å². The van der Waals surface area contributed by atoms with Crippen LogP contribution in [0.1, 0.15) is 12.5 Å². The molecule has 0 radical (unpaired) electrons. The van der Waals surface area contributed by atoms with Crippen molar-refractivity contribution in [3.05, 3.63) is 22.3 Å². The van der Waals surface area contributed by atoms with E-state index in [1.165, 1.54) is 0 Å². The van der Waals surface area contributed by atoms with E-state index >= 15 is 0 Å². The molecule has 13 heavy (non-hydrogen) atoms. The van der Waals surface area contributed by atoms with E-state index in [9.17, 15) is 4.21 Å². The number of halogens is 1. The molecule has 5 heteroatoms. The zero-order valence-corrected chi connectivity index (χ0v) is 9.91. The summed E-state index contributed by atoms with van der Waals surface area (Å²) in [5.74, 6) is 1.26. The average molecular weight is 263 g/mol. The lowest BCUT2D eigenvalue weighted by molar-refractivity contribution is 0.687. The van der Waals surface area contributed by atoms with Crippen LogP contribution in [0.25, 0.3) is 0 Å². The summed E-state index contributed by atoms with van der Waals surface area (Å²) in [6, 6.07) is 1.93. The molecule has 0 saturated carbocycles. The zero-order chi connectivity index (χ0) is 9.84. The van der Waals surface area contributed by atoms with Gasteiger partial charge in [0.1, 0.15) is 16.8 Å². The summed E-state index contributed by atoms with van der Waals surface area (Å²) >= 11 is 3.31. The van der Waals surface area contributed by atoms with Crippen molar-refractivity contribution in [2.24, 2.45) is 0 Å². The molecule has 0 aliphatic heterocycles. The number of anilines is 1. The predicted molar refractivity (Wildman–Crippen MR) is 59.0 cm³/mol. The highest BCUT2D eigenvalue weighted by atomic mass is 79.9. The summed E-state index contributed by atoms with van der Waals surface area (Å²) in [4.78, 5) is 4.11. The van der Waals surface area contributed by atoms with E-state index in [2.05, 4.69) is 25.6 Å². The third kappa shape index (κ3) is 3.08. The molecule has 0 aromatic carbocycles. The number of nitrogens with zero attached hydrogens (tertiary/aromatic N) is 1. The van der Waals surface area contributed by atoms with Crippen LogP contribution in [0.5, 0.6) is 0 Å². The molecular weight excluding hydrogens is 252 g/mol. The van der Waals surface area contributed by atoms with E-state index in [0.29, 0.717) is 11.6 Å². The molecule has 1 rings (SSSR count). The van der Waals surface area contributed by atoms with Crippen LogP contribution in [0.4, 0.5) is 5.82 Å². The predicted octanol–water partition coefficient (Wildman–Crippen LogP) is 2.25. The third-order valence-electron chi connectivity index (χ3n) is 1.52. The van der Waals surface area contributed by atoms with Gasteiger partial charge in [-0.3, -0.25) is 4.72 Å². The Hall–Kier alpha value is -0.420. The molecule has 0 aliphatic carbocycles. The monoisotopic (exact) mass is 262 g/mol. The summed E-state index contributed by atoms with van der Waals surface area (Å²) in [5.41, 5.74) is 0.983. The van der Waals surface area contributed by atoms with Crippen molar-refractivity contribution >= 4 is 32.7 Å². The molecule has 1 atom stereocenters. The molecule has 0 spiro atoms. The Bertz CT molecular complexity index is 330. The number of hydrogen-bond acceptors (Lipinski definition) is 2. The summed E-state index contributed by atoms with van der Waals surface area (Å²) in [7, 11) is -1.02. The fraction of sp³-hybridized carbons (Fsp3) is 0.375. The van der Waals surface area contributed by atoms with Crippen LogP contribution in [0, 0.1) is 6.92 Å². The fourth-order valence-electron chi connectivity index (χ4n) is 0.827. The second-order valence-corrected chi connectivity index (χ2v) is 4.94. The maximum atomic E-state index is 11.2. The summed E-state index contributed by atoms with van der Waals surface area (Å²) in [6.45, 7) is 3.78. The van der Waals surface area contributed by atoms with E-state index in [1.54, 1.807) is 6.20 Å². The van der Waals surface area contributed by atoms with Crippen molar-refractivity contribution in [3.8, 4) is 0 Å². The molecule has 1 unspecified atom stereocenters. The number of aromatic nitrogens is 1. The first-order valence-electron chi connectivity index (χ1n) is 3.90. The minimum absolute atomic E-state index is 0.581. The van der Waals surface area contributed by atoms with Crippen LogP contribution in [0.2, 0.25) is 0 Å². The highest BCUT2D eigenvalue weighted by Gasteiger charge is 2.02. The lowest BCUT2D eigenvalue weighted by atomic mass is 10.3. The Morgan fingerprint density at radius 2 is 2.38 bits per heavy atom. The topological polar surface area (TPSA) is 42.0 Å². The number of nitrogens with one attached hydrogen (secondary N) is 1. The van der Waals surface area contributed by atoms with Crippen molar-refractivity contribution in [1.29, 1.82) is 0 Å². The Labute approximate surface area is 88.7 Å². The molecular formula is C8H11BrN2OS. The molecule has 1 heterocycles. The average Bonchev–Trinajstić information content (AvgIpc) is 2.09. The lowest BCUT2D eigenvalue weighted by Crippen LogP contribution is -2.08. The van der Waals surface area contributed by atoms with Gasteiger partial charge in [-0.1, -0.05) is 6.92 Å². The minimum Gasteiger partial charge on any atom is -0.289 e. The Morgan fingerprint density at radius 3 is 2.92 bits per heavy atom. The highest BCUT2D eigenvalue weighted by molar-refractivity contribution is 9.10. The maximum Gasteiger partial charge on any atom is 0.140 e. The van der Waals surface area contributed by atoms with Gasteiger partial charge in [0, 0.05) is 16.4 Å². The molecule has 0 aliphatic rings. The van der Waals surface area contributed by atoms with E-state index in [0.717, 1.165) is 10.0 Å². The zero-order valence-electron chi connectivity index (χ0n) is 7.50. The lowest BCUT2D eigenvalue weighted by Gasteiger charge is -2.06. The number of pyridine rings is 1. The highest BCUT2D eigenvalue weighted by Crippen LogP contribution is 2.16. The van der Waals surface area contributed by atoms with Gasteiger partial charge < -0.3 is 0 Å². The van der Waals surface area contributed by atoms with Gasteiger partial charge in [-0.05, 0) is 34.5 Å². The van der Waals surface area contributed by atoms with E-state index in [-0.39, 0.29) is 0 Å². The molecule has 3 nitrogen and oxygen atoms in total. The standard InChI is InChI=1S/C8H11BrN2OS/c1-3-13(12)11-8-6(2)4-7(9)5-10-8/h4-5H,3H2,1-2H3,(H,10,11). The SMILES string of the molecule is CCS(=O)Nc1ncc(Br)cc1C. The van der Waals surface area contributed by atoms with E-state index < -0.39 is 11.0 Å². The van der Waals surface area contributed by atoms with Crippen LogP contribution in [0.15, 0.2) is 16.7 Å². The number of rotatable bonds is 3. The molecule has 1 aromatic rings. The molecule has 1 N–H and O–H groups in total. The number of hydrogen-bond donors (Lipinski definition) is 1. The first kappa shape index (κ1) is 10.7. The molecule has 0 saturated heterocycles. The van der Waals surface area contributed by atoms with Gasteiger partial charge in [0.05, 0.1) is 0 Å². The minimum atomic E-state index is -1.02. The summed E-state index contributed by atoms with van der Waals surface area (Å²) < 4.78 is 14.9. The second-order valence-electron chi connectivity index (χ2n) is 2.56. The van der Waals surface area contributed by atoms with Crippen LogP contribution in [-0.2, 0) is 11.0 Å². The van der Waals surface area contributed by atoms with E-state index in [1.807, 2.05) is 19.9 Å². The van der Waals surface area contributed by atoms with Crippen LogP contribution in [-0.4, -0.2) is 14.9 Å². The van der Waals surface area contributed by atoms with Crippen LogP contribution in [0.3, 0.4) is 0 Å². The van der Waals surface area contributed by atoms with Gasteiger partial charge in [-0.15, -0.1) is 0 Å². The number of aryl methyl sites for hydroxylation is 1. The molecule has 0 amide bonds. The quantitative estimate of drug-likeness (QED) is 0.908. The Balaban J connectivity index is 2.83. The van der Waals surface area contributed by atoms with Gasteiger partial charge in [0.2, 0.25) is 0 Å². The van der Waals surface area contributed by atoms with Gasteiger partial charge in [-0.2, -0.15) is 0 Å². The van der Waals surface area contributed by atoms with Gasteiger partial charge in [-0.25, -0.2) is 9.19 Å². The second kappa shape index (κ2) is 4.72.